The highest BCUT2D eigenvalue weighted by molar-refractivity contribution is 5.97. The molecule has 0 saturated carbocycles. The van der Waals surface area contributed by atoms with E-state index in [0.29, 0.717) is 35.7 Å². The molecule has 1 heterocycles. The summed E-state index contributed by atoms with van der Waals surface area (Å²) in [6.45, 7) is 4.83. The summed E-state index contributed by atoms with van der Waals surface area (Å²) in [7, 11) is 1.59. The molecule has 0 atom stereocenters. The van der Waals surface area contributed by atoms with Crippen LogP contribution in [0.2, 0.25) is 0 Å². The van der Waals surface area contributed by atoms with Gasteiger partial charge in [-0.25, -0.2) is 13.9 Å². The van der Waals surface area contributed by atoms with Crippen LogP contribution in [0, 0.1) is 12.7 Å². The Hall–Kier alpha value is -2.25. The quantitative estimate of drug-likeness (QED) is 0.548. The summed E-state index contributed by atoms with van der Waals surface area (Å²) in [5, 5.41) is 4.44. The summed E-state index contributed by atoms with van der Waals surface area (Å²) in [5.41, 5.74) is 2.07. The third-order valence-electron chi connectivity index (χ3n) is 3.45. The van der Waals surface area contributed by atoms with Crippen LogP contribution in [0.25, 0.3) is 11.3 Å². The molecule has 0 saturated heterocycles. The number of hydrogen-bond acceptors (Lipinski definition) is 5. The van der Waals surface area contributed by atoms with Crippen molar-refractivity contribution >= 4 is 5.97 Å². The van der Waals surface area contributed by atoms with Crippen LogP contribution >= 0.6 is 0 Å². The van der Waals surface area contributed by atoms with E-state index >= 15 is 0 Å². The number of carbonyl (C=O) groups is 1. The fourth-order valence-electron chi connectivity index (χ4n) is 2.22. The van der Waals surface area contributed by atoms with Gasteiger partial charge in [-0.05, 0) is 38.1 Å². The topological polar surface area (TPSA) is 62.6 Å². The molecule has 0 radical (unpaired) electrons. The van der Waals surface area contributed by atoms with Crippen molar-refractivity contribution in [3.05, 3.63) is 41.3 Å². The Morgan fingerprint density at radius 1 is 1.25 bits per heavy atom. The third kappa shape index (κ3) is 4.18. The van der Waals surface area contributed by atoms with Crippen molar-refractivity contribution in [2.75, 3.05) is 26.9 Å². The van der Waals surface area contributed by atoms with E-state index < -0.39 is 5.97 Å². The van der Waals surface area contributed by atoms with Gasteiger partial charge >= 0.3 is 5.97 Å². The molecule has 2 rings (SSSR count). The maximum Gasteiger partial charge on any atom is 0.342 e. The molecule has 0 bridgehead atoms. The molecule has 0 unspecified atom stereocenters. The van der Waals surface area contributed by atoms with Crippen LogP contribution in [0.3, 0.4) is 0 Å². The second-order valence-corrected chi connectivity index (χ2v) is 5.07. The lowest BCUT2D eigenvalue weighted by Gasteiger charge is -2.06. The molecule has 7 heteroatoms. The van der Waals surface area contributed by atoms with E-state index in [-0.39, 0.29) is 19.2 Å². The van der Waals surface area contributed by atoms with Crippen LogP contribution in [0.15, 0.2) is 24.3 Å². The average Bonchev–Trinajstić information content (AvgIpc) is 2.89. The van der Waals surface area contributed by atoms with Crippen molar-refractivity contribution < 1.29 is 23.4 Å². The van der Waals surface area contributed by atoms with Gasteiger partial charge in [-0.2, -0.15) is 5.10 Å². The van der Waals surface area contributed by atoms with Crippen LogP contribution < -0.4 is 0 Å². The number of esters is 1. The van der Waals surface area contributed by atoms with Gasteiger partial charge in [0.25, 0.3) is 0 Å². The minimum absolute atomic E-state index is 0.183. The number of halogens is 1. The average molecular weight is 336 g/mol. The lowest BCUT2D eigenvalue weighted by molar-refractivity contribution is 0.0279. The Labute approximate surface area is 140 Å². The zero-order chi connectivity index (χ0) is 17.5. The smallest absolute Gasteiger partial charge is 0.342 e. The Morgan fingerprint density at radius 3 is 2.58 bits per heavy atom. The van der Waals surface area contributed by atoms with Gasteiger partial charge in [0.2, 0.25) is 0 Å². The monoisotopic (exact) mass is 336 g/mol. The standard InChI is InChI=1S/C17H21FN2O4/c1-4-24-17(21)15-12(2)20(11-23-10-9-22-3)19-16(15)13-5-7-14(18)8-6-13/h5-8H,4,9-11H2,1-3H3. The molecule has 130 valence electrons. The Bertz CT molecular complexity index is 683. The summed E-state index contributed by atoms with van der Waals surface area (Å²) < 4.78 is 30.3. The van der Waals surface area contributed by atoms with Gasteiger partial charge in [0, 0.05) is 12.7 Å². The Balaban J connectivity index is 2.36. The molecule has 1 aromatic carbocycles. The van der Waals surface area contributed by atoms with Gasteiger partial charge in [0.1, 0.15) is 23.8 Å². The number of hydrogen-bond donors (Lipinski definition) is 0. The van der Waals surface area contributed by atoms with Gasteiger partial charge in [-0.3, -0.25) is 0 Å². The van der Waals surface area contributed by atoms with Crippen LogP contribution in [0.4, 0.5) is 4.39 Å². The molecule has 0 amide bonds. The first-order chi connectivity index (χ1) is 11.6. The van der Waals surface area contributed by atoms with Crippen molar-refractivity contribution in [2.24, 2.45) is 0 Å². The molecule has 0 aliphatic carbocycles. The zero-order valence-corrected chi connectivity index (χ0v) is 14.0. The van der Waals surface area contributed by atoms with Gasteiger partial charge in [-0.1, -0.05) is 0 Å². The minimum Gasteiger partial charge on any atom is -0.462 e. The molecule has 2 aromatic rings. The lowest BCUT2D eigenvalue weighted by Crippen LogP contribution is -2.11. The molecule has 0 spiro atoms. The van der Waals surface area contributed by atoms with Gasteiger partial charge < -0.3 is 14.2 Å². The van der Waals surface area contributed by atoms with E-state index in [9.17, 15) is 9.18 Å². The largest absolute Gasteiger partial charge is 0.462 e. The highest BCUT2D eigenvalue weighted by Gasteiger charge is 2.23. The summed E-state index contributed by atoms with van der Waals surface area (Å²) in [4.78, 5) is 12.3. The molecular weight excluding hydrogens is 315 g/mol. The van der Waals surface area contributed by atoms with E-state index in [1.54, 1.807) is 37.8 Å². The number of carbonyl (C=O) groups excluding carboxylic acids is 1. The number of aromatic nitrogens is 2. The molecule has 1 aromatic heterocycles. The molecule has 6 nitrogen and oxygen atoms in total. The summed E-state index contributed by atoms with van der Waals surface area (Å²) >= 11 is 0. The van der Waals surface area contributed by atoms with E-state index in [0.717, 1.165) is 0 Å². The number of ether oxygens (including phenoxy) is 3. The minimum atomic E-state index is -0.461. The predicted octanol–water partition coefficient (Wildman–Crippen LogP) is 2.79. The van der Waals surface area contributed by atoms with Crippen molar-refractivity contribution in [1.82, 2.24) is 9.78 Å². The maximum atomic E-state index is 13.2. The summed E-state index contributed by atoms with van der Waals surface area (Å²) in [6.07, 6.45) is 0. The summed E-state index contributed by atoms with van der Waals surface area (Å²) in [5.74, 6) is -0.812. The fourth-order valence-corrected chi connectivity index (χ4v) is 2.22. The first-order valence-corrected chi connectivity index (χ1v) is 7.65. The lowest BCUT2D eigenvalue weighted by atomic mass is 10.1. The van der Waals surface area contributed by atoms with E-state index in [4.69, 9.17) is 14.2 Å². The first-order valence-electron chi connectivity index (χ1n) is 7.65. The summed E-state index contributed by atoms with van der Waals surface area (Å²) in [6, 6.07) is 5.81. The molecule has 0 fully saturated rings. The van der Waals surface area contributed by atoms with E-state index in [1.165, 1.54) is 12.1 Å². The van der Waals surface area contributed by atoms with Crippen LogP contribution in [0.1, 0.15) is 23.0 Å². The number of nitrogens with zero attached hydrogens (tertiary/aromatic N) is 2. The maximum absolute atomic E-state index is 13.2. The van der Waals surface area contributed by atoms with Crippen molar-refractivity contribution in [1.29, 1.82) is 0 Å². The molecule has 24 heavy (non-hydrogen) atoms. The zero-order valence-electron chi connectivity index (χ0n) is 14.0. The number of rotatable bonds is 8. The predicted molar refractivity (Wildman–Crippen MR) is 86.1 cm³/mol. The van der Waals surface area contributed by atoms with Crippen molar-refractivity contribution in [3.63, 3.8) is 0 Å². The first kappa shape index (κ1) is 18.1. The fraction of sp³-hybridized carbons (Fsp3) is 0.412. The van der Waals surface area contributed by atoms with E-state index in [1.807, 2.05) is 0 Å². The number of benzene rings is 1. The van der Waals surface area contributed by atoms with Crippen LogP contribution in [0.5, 0.6) is 0 Å². The SMILES string of the molecule is CCOC(=O)c1c(-c2ccc(F)cc2)nn(COCCOC)c1C. The highest BCUT2D eigenvalue weighted by Crippen LogP contribution is 2.26. The molecule has 0 N–H and O–H groups in total. The second-order valence-electron chi connectivity index (χ2n) is 5.07. The molecule has 0 aliphatic rings. The Kier molecular flexibility index (Phi) is 6.45. The van der Waals surface area contributed by atoms with Crippen LogP contribution in [-0.2, 0) is 20.9 Å². The van der Waals surface area contributed by atoms with Crippen molar-refractivity contribution in [3.8, 4) is 11.3 Å². The third-order valence-corrected chi connectivity index (χ3v) is 3.45. The van der Waals surface area contributed by atoms with E-state index in [2.05, 4.69) is 5.10 Å². The molecular formula is C17H21FN2O4. The van der Waals surface area contributed by atoms with Crippen molar-refractivity contribution in [2.45, 2.75) is 20.6 Å². The van der Waals surface area contributed by atoms with Gasteiger partial charge in [0.15, 0.2) is 0 Å². The van der Waals surface area contributed by atoms with Gasteiger partial charge in [-0.15, -0.1) is 0 Å². The number of methoxy groups -OCH3 is 1. The normalized spacial score (nSPS) is 10.8. The van der Waals surface area contributed by atoms with Gasteiger partial charge in [0.05, 0.1) is 25.5 Å². The highest BCUT2D eigenvalue weighted by atomic mass is 19.1. The van der Waals surface area contributed by atoms with Crippen LogP contribution in [-0.4, -0.2) is 42.7 Å². The molecule has 0 aliphatic heterocycles. The second kappa shape index (κ2) is 8.56. The Morgan fingerprint density at radius 2 is 1.96 bits per heavy atom.